The van der Waals surface area contributed by atoms with Gasteiger partial charge in [0.15, 0.2) is 0 Å². The van der Waals surface area contributed by atoms with Gasteiger partial charge >= 0.3 is 0 Å². The predicted molar refractivity (Wildman–Crippen MR) is 99.8 cm³/mol. The largest absolute Gasteiger partial charge is 0.339 e. The fourth-order valence-corrected chi connectivity index (χ4v) is 5.81. The highest BCUT2D eigenvalue weighted by Crippen LogP contribution is 2.31. The van der Waals surface area contributed by atoms with Crippen LogP contribution < -0.4 is 0 Å². The summed E-state index contributed by atoms with van der Waals surface area (Å²) in [5, 5.41) is 6.44. The number of hydrogen-bond donors (Lipinski definition) is 0. The monoisotopic (exact) mass is 409 g/mol. The van der Waals surface area contributed by atoms with Gasteiger partial charge < -0.3 is 4.52 Å². The molecule has 3 heterocycles. The standard InChI is InChI=1S/C17H16ClN3O3S2/c18-14-7-5-12(6-8-14)16-19-17(24-20-16)13-3-1-9-21(11-13)26(22,23)15-4-2-10-25-15/h2,4-8,10,13H,1,3,9,11H2/t13-/m1/s1. The summed E-state index contributed by atoms with van der Waals surface area (Å²) in [5.41, 5.74) is 0.809. The maximum absolute atomic E-state index is 12.7. The first-order chi connectivity index (χ1) is 12.5. The van der Waals surface area contributed by atoms with Gasteiger partial charge in [-0.3, -0.25) is 0 Å². The number of rotatable bonds is 4. The average Bonchev–Trinajstić information content (AvgIpc) is 3.35. The fourth-order valence-electron chi connectivity index (χ4n) is 3.02. The van der Waals surface area contributed by atoms with Crippen LogP contribution in [0, 0.1) is 0 Å². The van der Waals surface area contributed by atoms with Crippen LogP contribution in [0.25, 0.3) is 11.4 Å². The summed E-state index contributed by atoms with van der Waals surface area (Å²) in [6.45, 7) is 0.859. The van der Waals surface area contributed by atoms with Crippen molar-refractivity contribution in [3.8, 4) is 11.4 Å². The Morgan fingerprint density at radius 3 is 2.77 bits per heavy atom. The first kappa shape index (κ1) is 17.7. The maximum atomic E-state index is 12.7. The number of hydrogen-bond acceptors (Lipinski definition) is 6. The van der Waals surface area contributed by atoms with Gasteiger partial charge in [0.2, 0.25) is 11.7 Å². The normalized spacial score (nSPS) is 18.9. The molecule has 1 aromatic carbocycles. The minimum atomic E-state index is -3.46. The molecule has 0 bridgehead atoms. The second-order valence-corrected chi connectivity index (χ2v) is 9.65. The van der Waals surface area contributed by atoms with E-state index >= 15 is 0 Å². The Morgan fingerprint density at radius 2 is 2.04 bits per heavy atom. The van der Waals surface area contributed by atoms with Gasteiger partial charge in [0.05, 0.1) is 5.92 Å². The molecule has 0 aliphatic carbocycles. The first-order valence-corrected chi connectivity index (χ1v) is 10.9. The van der Waals surface area contributed by atoms with Crippen molar-refractivity contribution in [1.82, 2.24) is 14.4 Å². The zero-order chi connectivity index (χ0) is 18.1. The lowest BCUT2D eigenvalue weighted by molar-refractivity contribution is 0.266. The quantitative estimate of drug-likeness (QED) is 0.650. The topological polar surface area (TPSA) is 76.3 Å². The Balaban J connectivity index is 1.54. The van der Waals surface area contributed by atoms with Gasteiger partial charge in [-0.15, -0.1) is 11.3 Å². The SMILES string of the molecule is O=S(=O)(c1cccs1)N1CCC[C@@H](c2nc(-c3ccc(Cl)cc3)no2)C1. The highest BCUT2D eigenvalue weighted by molar-refractivity contribution is 7.91. The zero-order valence-corrected chi connectivity index (χ0v) is 16.1. The van der Waals surface area contributed by atoms with E-state index in [1.165, 1.54) is 15.6 Å². The molecule has 2 aromatic heterocycles. The molecule has 136 valence electrons. The first-order valence-electron chi connectivity index (χ1n) is 8.17. The number of nitrogens with zero attached hydrogens (tertiary/aromatic N) is 3. The summed E-state index contributed by atoms with van der Waals surface area (Å²) >= 11 is 7.13. The van der Waals surface area contributed by atoms with E-state index in [-0.39, 0.29) is 5.92 Å². The van der Waals surface area contributed by atoms with Crippen LogP contribution in [-0.4, -0.2) is 36.0 Å². The molecule has 3 aromatic rings. The maximum Gasteiger partial charge on any atom is 0.252 e. The van der Waals surface area contributed by atoms with Gasteiger partial charge in [-0.05, 0) is 48.6 Å². The Bertz CT molecular complexity index is 985. The van der Waals surface area contributed by atoms with Crippen LogP contribution in [0.4, 0.5) is 0 Å². The third kappa shape index (κ3) is 3.42. The van der Waals surface area contributed by atoms with E-state index in [0.29, 0.717) is 34.0 Å². The van der Waals surface area contributed by atoms with Crippen molar-refractivity contribution >= 4 is 33.0 Å². The molecule has 1 aliphatic heterocycles. The van der Waals surface area contributed by atoms with Crippen LogP contribution in [0.3, 0.4) is 0 Å². The molecule has 0 radical (unpaired) electrons. The molecule has 6 nitrogen and oxygen atoms in total. The minimum absolute atomic E-state index is 0.105. The third-order valence-electron chi connectivity index (χ3n) is 4.37. The second-order valence-electron chi connectivity index (χ2n) is 6.10. The highest BCUT2D eigenvalue weighted by Gasteiger charge is 2.33. The number of sulfonamides is 1. The molecule has 26 heavy (non-hydrogen) atoms. The van der Waals surface area contributed by atoms with Crippen molar-refractivity contribution < 1.29 is 12.9 Å². The van der Waals surface area contributed by atoms with Gasteiger partial charge in [-0.1, -0.05) is 22.8 Å². The van der Waals surface area contributed by atoms with Gasteiger partial charge in [0, 0.05) is 23.7 Å². The summed E-state index contributed by atoms with van der Waals surface area (Å²) in [6, 6.07) is 10.6. The molecule has 1 fully saturated rings. The minimum Gasteiger partial charge on any atom is -0.339 e. The van der Waals surface area contributed by atoms with Gasteiger partial charge in [-0.2, -0.15) is 9.29 Å². The van der Waals surface area contributed by atoms with Crippen LogP contribution in [0.15, 0.2) is 50.5 Å². The molecular weight excluding hydrogens is 394 g/mol. The molecule has 1 saturated heterocycles. The lowest BCUT2D eigenvalue weighted by Crippen LogP contribution is -2.38. The summed E-state index contributed by atoms with van der Waals surface area (Å²) < 4.78 is 32.8. The van der Waals surface area contributed by atoms with Gasteiger partial charge in [0.25, 0.3) is 10.0 Å². The van der Waals surface area contributed by atoms with Crippen molar-refractivity contribution in [2.24, 2.45) is 0 Å². The molecule has 9 heteroatoms. The third-order valence-corrected chi connectivity index (χ3v) is 7.86. The Morgan fingerprint density at radius 1 is 1.23 bits per heavy atom. The molecule has 0 N–H and O–H groups in total. The molecule has 1 atom stereocenters. The van der Waals surface area contributed by atoms with Gasteiger partial charge in [0.1, 0.15) is 4.21 Å². The highest BCUT2D eigenvalue weighted by atomic mass is 35.5. The lowest BCUT2D eigenvalue weighted by atomic mass is 10.00. The number of piperidine rings is 1. The van der Waals surface area contributed by atoms with Crippen molar-refractivity contribution in [2.75, 3.05) is 13.1 Å². The average molecular weight is 410 g/mol. The summed E-state index contributed by atoms with van der Waals surface area (Å²) in [6.07, 6.45) is 1.58. The van der Waals surface area contributed by atoms with E-state index in [0.717, 1.165) is 18.4 Å². The van der Waals surface area contributed by atoms with E-state index in [2.05, 4.69) is 10.1 Å². The second kappa shape index (κ2) is 7.11. The lowest BCUT2D eigenvalue weighted by Gasteiger charge is -2.29. The van der Waals surface area contributed by atoms with Crippen LogP contribution >= 0.6 is 22.9 Å². The van der Waals surface area contributed by atoms with Crippen LogP contribution in [0.1, 0.15) is 24.7 Å². The van der Waals surface area contributed by atoms with E-state index < -0.39 is 10.0 Å². The molecule has 4 rings (SSSR count). The zero-order valence-electron chi connectivity index (χ0n) is 13.7. The van der Waals surface area contributed by atoms with Crippen molar-refractivity contribution in [3.63, 3.8) is 0 Å². The molecule has 0 unspecified atom stereocenters. The number of thiophene rings is 1. The summed E-state index contributed by atoms with van der Waals surface area (Å²) in [7, 11) is -3.46. The number of aromatic nitrogens is 2. The molecule has 1 aliphatic rings. The predicted octanol–water partition coefficient (Wildman–Crippen LogP) is 4.02. The van der Waals surface area contributed by atoms with Crippen LogP contribution in [0.5, 0.6) is 0 Å². The van der Waals surface area contributed by atoms with E-state index in [1.807, 2.05) is 12.1 Å². The van der Waals surface area contributed by atoms with Crippen molar-refractivity contribution in [1.29, 1.82) is 0 Å². The fraction of sp³-hybridized carbons (Fsp3) is 0.294. The Hall–Kier alpha value is -1.74. The van der Waals surface area contributed by atoms with Gasteiger partial charge in [-0.25, -0.2) is 8.42 Å². The summed E-state index contributed by atoms with van der Waals surface area (Å²) in [5.74, 6) is 0.850. The van der Waals surface area contributed by atoms with Crippen LogP contribution in [0.2, 0.25) is 5.02 Å². The molecular formula is C17H16ClN3O3S2. The number of halogens is 1. The van der Waals surface area contributed by atoms with E-state index in [9.17, 15) is 8.42 Å². The van der Waals surface area contributed by atoms with E-state index in [1.54, 1.807) is 29.6 Å². The summed E-state index contributed by atoms with van der Waals surface area (Å²) in [4.78, 5) is 4.47. The van der Waals surface area contributed by atoms with Crippen molar-refractivity contribution in [2.45, 2.75) is 23.0 Å². The molecule has 0 spiro atoms. The molecule has 0 saturated carbocycles. The Labute approximate surface area is 160 Å². The van der Waals surface area contributed by atoms with Crippen LogP contribution in [-0.2, 0) is 10.0 Å². The Kier molecular flexibility index (Phi) is 4.83. The van der Waals surface area contributed by atoms with E-state index in [4.69, 9.17) is 16.1 Å². The smallest absolute Gasteiger partial charge is 0.252 e. The molecule has 0 amide bonds. The van der Waals surface area contributed by atoms with Crippen molar-refractivity contribution in [3.05, 3.63) is 52.7 Å². The number of benzene rings is 1.